The molecule has 0 atom stereocenters. The van der Waals surface area contributed by atoms with E-state index < -0.39 is 6.61 Å². The van der Waals surface area contributed by atoms with Gasteiger partial charge in [-0.1, -0.05) is 61.2 Å². The number of aromatic nitrogens is 5. The number of amides is 4. The predicted molar refractivity (Wildman–Crippen MR) is 250 cm³/mol. The molecule has 0 radical (unpaired) electrons. The first-order chi connectivity index (χ1) is 31.4. The van der Waals surface area contributed by atoms with E-state index in [1.54, 1.807) is 64.4 Å². The summed E-state index contributed by atoms with van der Waals surface area (Å²) in [7, 11) is 0. The van der Waals surface area contributed by atoms with E-state index in [2.05, 4.69) is 30.9 Å². The van der Waals surface area contributed by atoms with Gasteiger partial charge >= 0.3 is 0 Å². The van der Waals surface area contributed by atoms with Crippen molar-refractivity contribution in [2.24, 2.45) is 0 Å². The van der Waals surface area contributed by atoms with Crippen molar-refractivity contribution in [2.75, 3.05) is 38.5 Å². The zero-order valence-electron chi connectivity index (χ0n) is 36.1. The highest BCUT2D eigenvalue weighted by Gasteiger charge is 2.27. The van der Waals surface area contributed by atoms with Gasteiger partial charge in [0.2, 0.25) is 17.7 Å². The van der Waals surface area contributed by atoms with Crippen molar-refractivity contribution in [1.29, 1.82) is 0 Å². The lowest BCUT2D eigenvalue weighted by molar-refractivity contribution is -0.135. The fourth-order valence-electron chi connectivity index (χ4n) is 8.16. The number of unbranched alkanes of at least 4 members (excludes halogenated alkanes) is 3. The van der Waals surface area contributed by atoms with Crippen LogP contribution in [0, 0.1) is 0 Å². The number of hydrogen-bond donors (Lipinski definition) is 7. The van der Waals surface area contributed by atoms with Crippen LogP contribution in [0.2, 0.25) is 10.0 Å². The van der Waals surface area contributed by atoms with E-state index in [9.17, 15) is 29.4 Å². The third-order valence-corrected chi connectivity index (χ3v) is 12.3. The number of fused-ring (bicyclic) bond motifs is 3. The van der Waals surface area contributed by atoms with Gasteiger partial charge in [-0.2, -0.15) is 5.10 Å². The van der Waals surface area contributed by atoms with E-state index in [-0.39, 0.29) is 48.0 Å². The number of halogens is 2. The molecule has 1 aliphatic heterocycles. The van der Waals surface area contributed by atoms with Gasteiger partial charge in [-0.15, -0.1) is 0 Å². The van der Waals surface area contributed by atoms with Gasteiger partial charge in [-0.05, 0) is 60.7 Å². The normalized spacial score (nSPS) is 12.3. The Hall–Kier alpha value is -6.49. The molecule has 0 saturated heterocycles. The molecule has 4 aromatic heterocycles. The fraction of sp³-hybridized carbons (Fsp3) is 0.340. The molecule has 0 aliphatic carbocycles. The van der Waals surface area contributed by atoms with E-state index >= 15 is 0 Å². The third kappa shape index (κ3) is 11.1. The van der Waals surface area contributed by atoms with Crippen LogP contribution in [-0.2, 0) is 40.3 Å². The Morgan fingerprint density at radius 2 is 1.62 bits per heavy atom. The second kappa shape index (κ2) is 21.5. The molecule has 6 aromatic rings. The Bertz CT molecular complexity index is 2680. The van der Waals surface area contributed by atoms with E-state index in [4.69, 9.17) is 34.0 Å². The molecule has 16 nitrogen and oxygen atoms in total. The van der Waals surface area contributed by atoms with Crippen molar-refractivity contribution < 1.29 is 29.4 Å². The minimum Gasteiger partial charge on any atom is -0.508 e. The topological polar surface area (TPSA) is 233 Å². The Balaban J connectivity index is 0.772. The lowest BCUT2D eigenvalue weighted by Crippen LogP contribution is -2.37. The summed E-state index contributed by atoms with van der Waals surface area (Å²) >= 11 is 13.1. The number of pyridine rings is 2. The van der Waals surface area contributed by atoms with E-state index in [0.717, 1.165) is 75.7 Å². The minimum atomic E-state index is -0.552. The molecule has 8 N–H and O–H groups in total. The van der Waals surface area contributed by atoms with Crippen LogP contribution < -0.4 is 21.7 Å². The number of nitrogens with zero attached hydrogens (tertiary/aromatic N) is 5. The number of carbonyl (C=O) groups is 4. The summed E-state index contributed by atoms with van der Waals surface area (Å²) in [5.74, 6) is -0.387. The fourth-order valence-corrected chi connectivity index (χ4v) is 8.56. The summed E-state index contributed by atoms with van der Waals surface area (Å²) in [6.07, 6.45) is 10.1. The zero-order valence-corrected chi connectivity index (χ0v) is 37.6. The number of nitrogens with one attached hydrogen (secondary N) is 4. The molecule has 0 fully saturated rings. The number of rotatable bonds is 19. The lowest BCUT2D eigenvalue weighted by atomic mass is 9.92. The van der Waals surface area contributed by atoms with Crippen molar-refractivity contribution in [1.82, 2.24) is 45.6 Å². The molecule has 0 saturated carbocycles. The van der Waals surface area contributed by atoms with Crippen LogP contribution in [0.4, 0.5) is 5.82 Å². The molecule has 1 aliphatic rings. The van der Waals surface area contributed by atoms with E-state index in [1.807, 2.05) is 19.2 Å². The Labute approximate surface area is 385 Å². The number of anilines is 1. The smallest absolute Gasteiger partial charge is 0.269 e. The monoisotopic (exact) mass is 922 g/mol. The number of benzene rings is 2. The van der Waals surface area contributed by atoms with Crippen molar-refractivity contribution in [3.8, 4) is 39.3 Å². The molecule has 0 spiro atoms. The Kier molecular flexibility index (Phi) is 15.4. The van der Waals surface area contributed by atoms with E-state index in [1.165, 1.54) is 0 Å². The lowest BCUT2D eigenvalue weighted by Gasteiger charge is -2.26. The van der Waals surface area contributed by atoms with Crippen LogP contribution in [0.25, 0.3) is 44.4 Å². The largest absolute Gasteiger partial charge is 0.508 e. The van der Waals surface area contributed by atoms with Crippen molar-refractivity contribution in [3.05, 3.63) is 99.7 Å². The highest BCUT2D eigenvalue weighted by atomic mass is 35.5. The highest BCUT2D eigenvalue weighted by molar-refractivity contribution is 6.45. The standard InChI is InChI=1S/C47H52Cl2N10O6/c1-2-31-33(25-55-46(50)42(31)28-8-11-30(61)12-9-28)29-10-13-38(54-24-29)47(65)53-18-14-40(63)51-17-6-4-3-5-7-39(62)52-19-22-59-21-16-37(57-59)32-23-35(48)44(49)45-43(32)34-26-58(41(64)27-60)20-15-36(34)56-45/h8-13,16,21,23-25,56,60-61H,2-7,14-15,17-20,22,26-27H2,1H3,(H2,50,55)(H,51,63)(H,52,62)(H,53,65). The van der Waals surface area contributed by atoms with Crippen LogP contribution in [-0.4, -0.2) is 96.3 Å². The first-order valence-electron chi connectivity index (χ1n) is 21.7. The number of hydrogen-bond acceptors (Lipinski definition) is 10. The van der Waals surface area contributed by atoms with E-state index in [0.29, 0.717) is 79.1 Å². The second-order valence-corrected chi connectivity index (χ2v) is 16.6. The summed E-state index contributed by atoms with van der Waals surface area (Å²) in [6.45, 7) is 3.82. The zero-order chi connectivity index (χ0) is 46.0. The van der Waals surface area contributed by atoms with Gasteiger partial charge in [-0.25, -0.2) is 4.98 Å². The average molecular weight is 924 g/mol. The SMILES string of the molecule is CCc1c(-c2ccc(C(=O)NCCC(=O)NCCCCCCC(=O)NCCn3ccc(-c4cc(Cl)c(Cl)c5[nH]c6c(c45)CN(C(=O)CO)CC6)n3)nc2)cnc(N)c1-c1ccc(O)cc1. The first kappa shape index (κ1) is 46.5. The number of aliphatic hydroxyl groups is 1. The van der Waals surface area contributed by atoms with Crippen LogP contribution in [0.1, 0.15) is 72.8 Å². The molecule has 0 unspecified atom stereocenters. The molecule has 5 heterocycles. The van der Waals surface area contributed by atoms with Crippen LogP contribution in [0.3, 0.4) is 0 Å². The second-order valence-electron chi connectivity index (χ2n) is 15.9. The molecule has 4 amide bonds. The third-order valence-electron chi connectivity index (χ3n) is 11.5. The maximum Gasteiger partial charge on any atom is 0.269 e. The van der Waals surface area contributed by atoms with Gasteiger partial charge in [0.05, 0.1) is 27.8 Å². The number of nitrogens with two attached hydrogens (primary N) is 1. The highest BCUT2D eigenvalue weighted by Crippen LogP contribution is 2.42. The number of phenolic OH excluding ortho intramolecular Hbond substituents is 1. The quantitative estimate of drug-likeness (QED) is 0.0455. The van der Waals surface area contributed by atoms with Gasteiger partial charge in [0.25, 0.3) is 5.91 Å². The van der Waals surface area contributed by atoms with Gasteiger partial charge < -0.3 is 41.8 Å². The first-order valence-corrected chi connectivity index (χ1v) is 22.5. The molecular weight excluding hydrogens is 871 g/mol. The molecule has 340 valence electrons. The molecule has 2 aromatic carbocycles. The predicted octanol–water partition coefficient (Wildman–Crippen LogP) is 6.19. The van der Waals surface area contributed by atoms with Crippen LogP contribution in [0.5, 0.6) is 5.75 Å². The summed E-state index contributed by atoms with van der Waals surface area (Å²) < 4.78 is 1.75. The molecule has 7 rings (SSSR count). The number of phenols is 1. The van der Waals surface area contributed by atoms with Crippen molar-refractivity contribution in [3.63, 3.8) is 0 Å². The molecular formula is C47H52Cl2N10O6. The number of aromatic amines is 1. The number of aliphatic hydroxyl groups excluding tert-OH is 1. The van der Waals surface area contributed by atoms with Gasteiger partial charge in [0.15, 0.2) is 0 Å². The van der Waals surface area contributed by atoms with Crippen molar-refractivity contribution >= 4 is 63.6 Å². The van der Waals surface area contributed by atoms with Crippen LogP contribution in [0.15, 0.2) is 67.1 Å². The number of carbonyl (C=O) groups excluding carboxylic acids is 4. The molecule has 0 bridgehead atoms. The summed E-state index contributed by atoms with van der Waals surface area (Å²) in [5, 5.41) is 34.1. The van der Waals surface area contributed by atoms with Gasteiger partial charge in [0, 0.05) is 109 Å². The van der Waals surface area contributed by atoms with Crippen LogP contribution >= 0.6 is 23.2 Å². The van der Waals surface area contributed by atoms with Crippen molar-refractivity contribution in [2.45, 2.75) is 71.4 Å². The average Bonchev–Trinajstić information content (AvgIpc) is 3.95. The number of H-pyrrole nitrogens is 1. The number of aromatic hydroxyl groups is 1. The molecule has 65 heavy (non-hydrogen) atoms. The van der Waals surface area contributed by atoms with Gasteiger partial charge in [0.1, 0.15) is 23.9 Å². The summed E-state index contributed by atoms with van der Waals surface area (Å²) in [6, 6.07) is 13.9. The minimum absolute atomic E-state index is 0.0451. The summed E-state index contributed by atoms with van der Waals surface area (Å²) in [4.78, 5) is 63.8. The Morgan fingerprint density at radius 1 is 0.862 bits per heavy atom. The summed E-state index contributed by atoms with van der Waals surface area (Å²) in [5.41, 5.74) is 14.8. The maximum atomic E-state index is 12.8. The maximum absolute atomic E-state index is 12.8. The Morgan fingerprint density at radius 3 is 2.37 bits per heavy atom. The van der Waals surface area contributed by atoms with Gasteiger partial charge in [-0.3, -0.25) is 28.8 Å². The number of nitrogen functional groups attached to an aromatic ring is 1. The molecule has 18 heteroatoms.